The van der Waals surface area contributed by atoms with Crippen molar-refractivity contribution < 1.29 is 8.42 Å². The van der Waals surface area contributed by atoms with Gasteiger partial charge in [0.05, 0.1) is 21.7 Å². The molecule has 4 aromatic rings. The van der Waals surface area contributed by atoms with Gasteiger partial charge in [-0.3, -0.25) is 0 Å². The van der Waals surface area contributed by atoms with Crippen LogP contribution in [0.3, 0.4) is 0 Å². The van der Waals surface area contributed by atoms with E-state index in [9.17, 15) is 8.42 Å². The molecule has 9 heteroatoms. The molecule has 0 unspecified atom stereocenters. The number of para-hydroxylation sites is 1. The lowest BCUT2D eigenvalue weighted by molar-refractivity contribution is 0.384. The van der Waals surface area contributed by atoms with Crippen molar-refractivity contribution in [2.75, 3.05) is 31.1 Å². The number of fused-ring (bicyclic) bond motifs is 1. The van der Waals surface area contributed by atoms with Gasteiger partial charge in [0.2, 0.25) is 10.0 Å². The van der Waals surface area contributed by atoms with Crippen molar-refractivity contribution in [3.63, 3.8) is 0 Å². The van der Waals surface area contributed by atoms with E-state index < -0.39 is 10.0 Å². The van der Waals surface area contributed by atoms with Crippen LogP contribution in [-0.2, 0) is 10.0 Å². The summed E-state index contributed by atoms with van der Waals surface area (Å²) in [6.07, 6.45) is 2.21. The maximum Gasteiger partial charge on any atom is 0.243 e. The smallest absolute Gasteiger partial charge is 0.243 e. The molecule has 1 aliphatic heterocycles. The van der Waals surface area contributed by atoms with Gasteiger partial charge in [0, 0.05) is 32.1 Å². The first kappa shape index (κ1) is 21.2. The largest absolute Gasteiger partial charge is 0.353 e. The number of rotatable bonds is 5. The lowest BCUT2D eigenvalue weighted by atomic mass is 10.2. The number of benzene rings is 2. The van der Waals surface area contributed by atoms with Gasteiger partial charge >= 0.3 is 0 Å². The van der Waals surface area contributed by atoms with Crippen LogP contribution in [0.2, 0.25) is 0 Å². The van der Waals surface area contributed by atoms with Crippen LogP contribution in [0.15, 0.2) is 65.6 Å². The Morgan fingerprint density at radius 1 is 0.853 bits per heavy atom. The lowest BCUT2D eigenvalue weighted by Gasteiger charge is -2.35. The Balaban J connectivity index is 1.36. The first-order valence-electron chi connectivity index (χ1n) is 11.7. The van der Waals surface area contributed by atoms with Crippen molar-refractivity contribution in [1.29, 1.82) is 0 Å². The van der Waals surface area contributed by atoms with E-state index in [1.54, 1.807) is 28.6 Å². The fourth-order valence-electron chi connectivity index (χ4n) is 4.56. The molecule has 6 rings (SSSR count). The maximum atomic E-state index is 13.1. The predicted octanol–water partition coefficient (Wildman–Crippen LogP) is 3.51. The topological polar surface area (TPSA) is 84.2 Å². The maximum absolute atomic E-state index is 13.1. The van der Waals surface area contributed by atoms with Crippen molar-refractivity contribution in [3.05, 3.63) is 72.2 Å². The van der Waals surface area contributed by atoms with Crippen molar-refractivity contribution in [2.24, 2.45) is 0 Å². The summed E-state index contributed by atoms with van der Waals surface area (Å²) < 4.78 is 29.6. The van der Waals surface area contributed by atoms with E-state index in [0.717, 1.165) is 46.9 Å². The second-order valence-electron chi connectivity index (χ2n) is 8.92. The molecule has 0 radical (unpaired) electrons. The third-order valence-electron chi connectivity index (χ3n) is 6.56. The highest BCUT2D eigenvalue weighted by atomic mass is 32.2. The molecule has 1 saturated heterocycles. The molecule has 0 bridgehead atoms. The van der Waals surface area contributed by atoms with Crippen LogP contribution in [-0.4, -0.2) is 58.7 Å². The second kappa shape index (κ2) is 8.18. The monoisotopic (exact) mass is 474 g/mol. The molecule has 2 aromatic heterocycles. The number of aromatic nitrogens is 4. The minimum Gasteiger partial charge on any atom is -0.353 e. The third kappa shape index (κ3) is 3.65. The van der Waals surface area contributed by atoms with Crippen LogP contribution in [0.5, 0.6) is 0 Å². The fourth-order valence-corrected chi connectivity index (χ4v) is 6.01. The van der Waals surface area contributed by atoms with Crippen LogP contribution < -0.4 is 4.90 Å². The molecule has 0 N–H and O–H groups in total. The zero-order chi connectivity index (χ0) is 23.3. The summed E-state index contributed by atoms with van der Waals surface area (Å²) >= 11 is 0. The number of nitrogens with zero attached hydrogens (tertiary/aromatic N) is 6. The Hall–Kier alpha value is -3.30. The normalized spacial score (nSPS) is 17.4. The van der Waals surface area contributed by atoms with Gasteiger partial charge < -0.3 is 4.90 Å². The second-order valence-corrected chi connectivity index (χ2v) is 10.9. The van der Waals surface area contributed by atoms with Gasteiger partial charge in [0.15, 0.2) is 5.65 Å². The average Bonchev–Trinajstić information content (AvgIpc) is 3.68. The van der Waals surface area contributed by atoms with Crippen LogP contribution in [0.25, 0.3) is 16.7 Å². The minimum atomic E-state index is -3.50. The number of anilines is 1. The van der Waals surface area contributed by atoms with E-state index in [0.29, 0.717) is 37.0 Å². The van der Waals surface area contributed by atoms with Crippen LogP contribution in [0.1, 0.15) is 30.3 Å². The minimum absolute atomic E-state index is 0.337. The average molecular weight is 475 g/mol. The Bertz CT molecular complexity index is 1440. The van der Waals surface area contributed by atoms with E-state index in [-0.39, 0.29) is 0 Å². The van der Waals surface area contributed by atoms with Crippen molar-refractivity contribution in [2.45, 2.75) is 30.6 Å². The summed E-state index contributed by atoms with van der Waals surface area (Å²) in [7, 11) is -3.50. The molecule has 1 aliphatic carbocycles. The third-order valence-corrected chi connectivity index (χ3v) is 8.48. The SMILES string of the molecule is Cc1nn(-c2ccccc2)c2nc(C3CC3)nc(N3CCN(S(=O)(=O)c4ccccc4)CC3)c12. The highest BCUT2D eigenvalue weighted by Gasteiger charge is 2.33. The number of sulfonamides is 1. The molecule has 174 valence electrons. The molecule has 0 spiro atoms. The predicted molar refractivity (Wildman–Crippen MR) is 131 cm³/mol. The van der Waals surface area contributed by atoms with E-state index in [2.05, 4.69) is 4.90 Å². The van der Waals surface area contributed by atoms with Crippen LogP contribution in [0, 0.1) is 6.92 Å². The zero-order valence-corrected chi connectivity index (χ0v) is 19.8. The first-order valence-corrected chi connectivity index (χ1v) is 13.1. The van der Waals surface area contributed by atoms with Gasteiger partial charge in [-0.2, -0.15) is 9.40 Å². The van der Waals surface area contributed by atoms with E-state index >= 15 is 0 Å². The fraction of sp³-hybridized carbons (Fsp3) is 0.320. The van der Waals surface area contributed by atoms with Gasteiger partial charge in [0.25, 0.3) is 0 Å². The van der Waals surface area contributed by atoms with Gasteiger partial charge in [-0.15, -0.1) is 0 Å². The first-order chi connectivity index (χ1) is 16.5. The number of piperazine rings is 1. The summed E-state index contributed by atoms with van der Waals surface area (Å²) in [5.74, 6) is 2.12. The summed E-state index contributed by atoms with van der Waals surface area (Å²) in [6.45, 7) is 3.94. The Labute approximate surface area is 198 Å². The Morgan fingerprint density at radius 3 is 2.15 bits per heavy atom. The van der Waals surface area contributed by atoms with Gasteiger partial charge in [-0.05, 0) is 44.0 Å². The molecule has 2 aromatic carbocycles. The van der Waals surface area contributed by atoms with Gasteiger partial charge in [-0.25, -0.2) is 23.1 Å². The van der Waals surface area contributed by atoms with Crippen molar-refractivity contribution in [1.82, 2.24) is 24.1 Å². The molecular weight excluding hydrogens is 448 g/mol. The molecule has 1 saturated carbocycles. The van der Waals surface area contributed by atoms with Crippen LogP contribution >= 0.6 is 0 Å². The molecule has 34 heavy (non-hydrogen) atoms. The number of hydrogen-bond donors (Lipinski definition) is 0. The molecule has 3 heterocycles. The van der Waals surface area contributed by atoms with E-state index in [4.69, 9.17) is 15.1 Å². The zero-order valence-electron chi connectivity index (χ0n) is 19.0. The highest BCUT2D eigenvalue weighted by Crippen LogP contribution is 2.40. The standard InChI is InChI=1S/C25H26N6O2S/c1-18-22-24(29-14-16-30(17-15-29)34(32,33)21-10-6-3-7-11-21)26-23(19-12-13-19)27-25(22)31(28-18)20-8-4-2-5-9-20/h2-11,19H,12-17H2,1H3. The Kier molecular flexibility index (Phi) is 5.11. The van der Waals surface area contributed by atoms with E-state index in [1.165, 1.54) is 0 Å². The molecule has 8 nitrogen and oxygen atoms in total. The van der Waals surface area contributed by atoms with Crippen molar-refractivity contribution in [3.8, 4) is 5.69 Å². The quantitative estimate of drug-likeness (QED) is 0.440. The summed E-state index contributed by atoms with van der Waals surface area (Å²) in [5, 5.41) is 5.75. The summed E-state index contributed by atoms with van der Waals surface area (Å²) in [4.78, 5) is 12.5. The highest BCUT2D eigenvalue weighted by molar-refractivity contribution is 7.89. The molecule has 2 fully saturated rings. The molecule has 0 amide bonds. The van der Waals surface area contributed by atoms with Crippen LogP contribution in [0.4, 0.5) is 5.82 Å². The number of hydrogen-bond acceptors (Lipinski definition) is 6. The van der Waals surface area contributed by atoms with Crippen molar-refractivity contribution >= 4 is 26.9 Å². The van der Waals surface area contributed by atoms with Gasteiger partial charge in [0.1, 0.15) is 11.6 Å². The molecule has 2 aliphatic rings. The Morgan fingerprint density at radius 2 is 1.50 bits per heavy atom. The van der Waals surface area contributed by atoms with Gasteiger partial charge in [-0.1, -0.05) is 36.4 Å². The number of aryl methyl sites for hydroxylation is 1. The molecular formula is C25H26N6O2S. The molecule has 0 atom stereocenters. The lowest BCUT2D eigenvalue weighted by Crippen LogP contribution is -2.49. The van der Waals surface area contributed by atoms with E-state index in [1.807, 2.05) is 48.0 Å². The summed E-state index contributed by atoms with van der Waals surface area (Å²) in [6, 6.07) is 18.7. The summed E-state index contributed by atoms with van der Waals surface area (Å²) in [5.41, 5.74) is 2.65.